The maximum Gasteiger partial charge on any atom is 0.119 e. The largest absolute Gasteiger partial charge is 0.494 e. The van der Waals surface area contributed by atoms with Crippen LogP contribution in [0.1, 0.15) is 39.5 Å². The summed E-state index contributed by atoms with van der Waals surface area (Å²) in [6.45, 7) is 5.18. The molecular weight excluding hydrogens is 210 g/mol. The van der Waals surface area contributed by atoms with E-state index in [9.17, 15) is 0 Å². The topological polar surface area (TPSA) is 21.3 Å². The van der Waals surface area contributed by atoms with Crippen LogP contribution in [0.15, 0.2) is 24.3 Å². The zero-order chi connectivity index (χ0) is 12.1. The first-order valence-electron chi connectivity index (χ1n) is 6.77. The molecule has 0 bridgehead atoms. The summed E-state index contributed by atoms with van der Waals surface area (Å²) in [7, 11) is 0. The third kappa shape index (κ3) is 4.29. The molecule has 2 heteroatoms. The first-order valence-corrected chi connectivity index (χ1v) is 6.77. The zero-order valence-corrected chi connectivity index (χ0v) is 10.9. The average Bonchev–Trinajstić information content (AvgIpc) is 3.12. The van der Waals surface area contributed by atoms with Gasteiger partial charge in [0, 0.05) is 11.7 Å². The van der Waals surface area contributed by atoms with Crippen LogP contribution in [-0.2, 0) is 0 Å². The van der Waals surface area contributed by atoms with Crippen LogP contribution >= 0.6 is 0 Å². The predicted octanol–water partition coefficient (Wildman–Crippen LogP) is 4.08. The molecule has 2 rings (SSSR count). The van der Waals surface area contributed by atoms with E-state index >= 15 is 0 Å². The van der Waals surface area contributed by atoms with Crippen LogP contribution in [0, 0.1) is 5.92 Å². The van der Waals surface area contributed by atoms with Crippen molar-refractivity contribution in [3.05, 3.63) is 24.3 Å². The Kier molecular flexibility index (Phi) is 4.29. The van der Waals surface area contributed by atoms with Crippen LogP contribution in [0.5, 0.6) is 5.75 Å². The second-order valence-electron chi connectivity index (χ2n) is 5.10. The number of rotatable bonds is 7. The van der Waals surface area contributed by atoms with Crippen LogP contribution in [0.2, 0.25) is 0 Å². The van der Waals surface area contributed by atoms with Crippen LogP contribution in [0.25, 0.3) is 0 Å². The van der Waals surface area contributed by atoms with Crippen molar-refractivity contribution in [3.63, 3.8) is 0 Å². The summed E-state index contributed by atoms with van der Waals surface area (Å²) in [5, 5.41) is 3.54. The summed E-state index contributed by atoms with van der Waals surface area (Å²) >= 11 is 0. The van der Waals surface area contributed by atoms with Gasteiger partial charge in [0.2, 0.25) is 0 Å². The van der Waals surface area contributed by atoms with Crippen molar-refractivity contribution >= 4 is 5.69 Å². The van der Waals surface area contributed by atoms with Crippen molar-refractivity contribution in [1.82, 2.24) is 0 Å². The molecule has 1 unspecified atom stereocenters. The highest BCUT2D eigenvalue weighted by molar-refractivity contribution is 5.46. The van der Waals surface area contributed by atoms with Gasteiger partial charge in [-0.25, -0.2) is 0 Å². The van der Waals surface area contributed by atoms with E-state index in [2.05, 4.69) is 31.3 Å². The zero-order valence-electron chi connectivity index (χ0n) is 10.9. The highest BCUT2D eigenvalue weighted by Gasteiger charge is 2.23. The minimum atomic E-state index is 0.574. The molecule has 1 aliphatic carbocycles. The Hall–Kier alpha value is -1.18. The van der Waals surface area contributed by atoms with Gasteiger partial charge in [-0.2, -0.15) is 0 Å². The quantitative estimate of drug-likeness (QED) is 0.766. The molecule has 0 amide bonds. The monoisotopic (exact) mass is 233 g/mol. The Balaban J connectivity index is 1.79. The fourth-order valence-electron chi connectivity index (χ4n) is 2.06. The van der Waals surface area contributed by atoms with Crippen LogP contribution in [0.4, 0.5) is 5.69 Å². The van der Waals surface area contributed by atoms with Gasteiger partial charge in [-0.05, 0) is 49.9 Å². The summed E-state index contributed by atoms with van der Waals surface area (Å²) in [5.41, 5.74) is 1.20. The third-order valence-electron chi connectivity index (χ3n) is 3.12. The highest BCUT2D eigenvalue weighted by atomic mass is 16.5. The van der Waals surface area contributed by atoms with E-state index in [-0.39, 0.29) is 0 Å². The minimum Gasteiger partial charge on any atom is -0.494 e. The maximum absolute atomic E-state index is 5.56. The van der Waals surface area contributed by atoms with Crippen molar-refractivity contribution in [1.29, 1.82) is 0 Å². The smallest absolute Gasteiger partial charge is 0.119 e. The summed E-state index contributed by atoms with van der Waals surface area (Å²) in [5.74, 6) is 1.94. The molecule has 1 aromatic rings. The molecular formula is C15H23NO. The van der Waals surface area contributed by atoms with Gasteiger partial charge in [0.1, 0.15) is 5.75 Å². The molecule has 94 valence electrons. The van der Waals surface area contributed by atoms with Gasteiger partial charge in [-0.3, -0.25) is 0 Å². The van der Waals surface area contributed by atoms with E-state index in [1.807, 2.05) is 12.1 Å². The lowest BCUT2D eigenvalue weighted by Crippen LogP contribution is -2.15. The van der Waals surface area contributed by atoms with Gasteiger partial charge >= 0.3 is 0 Å². The summed E-state index contributed by atoms with van der Waals surface area (Å²) in [4.78, 5) is 0. The van der Waals surface area contributed by atoms with Crippen LogP contribution in [-0.4, -0.2) is 12.6 Å². The predicted molar refractivity (Wildman–Crippen MR) is 72.7 cm³/mol. The van der Waals surface area contributed by atoms with E-state index in [1.165, 1.54) is 24.9 Å². The number of anilines is 1. The Labute approximate surface area is 104 Å². The third-order valence-corrected chi connectivity index (χ3v) is 3.12. The fourth-order valence-corrected chi connectivity index (χ4v) is 2.06. The lowest BCUT2D eigenvalue weighted by molar-refractivity contribution is 0.317. The lowest BCUT2D eigenvalue weighted by atomic mass is 10.1. The molecule has 0 heterocycles. The number of benzene rings is 1. The Morgan fingerprint density at radius 2 is 2.00 bits per heavy atom. The second kappa shape index (κ2) is 5.95. The molecule has 2 nitrogen and oxygen atoms in total. The first-order chi connectivity index (χ1) is 8.28. The van der Waals surface area contributed by atoms with Gasteiger partial charge in [0.05, 0.1) is 6.61 Å². The van der Waals surface area contributed by atoms with Crippen molar-refractivity contribution in [2.24, 2.45) is 5.92 Å². The molecule has 1 N–H and O–H groups in total. The molecule has 0 spiro atoms. The Morgan fingerprint density at radius 3 is 2.59 bits per heavy atom. The van der Waals surface area contributed by atoms with E-state index in [0.29, 0.717) is 6.04 Å². The molecule has 1 saturated carbocycles. The first kappa shape index (κ1) is 12.3. The summed E-state index contributed by atoms with van der Waals surface area (Å²) < 4.78 is 5.56. The lowest BCUT2D eigenvalue weighted by Gasteiger charge is -2.15. The number of hydrogen-bond donors (Lipinski definition) is 1. The molecule has 1 aliphatic rings. The van der Waals surface area contributed by atoms with Gasteiger partial charge in [0.25, 0.3) is 0 Å². The van der Waals surface area contributed by atoms with E-state index in [4.69, 9.17) is 4.74 Å². The van der Waals surface area contributed by atoms with Crippen molar-refractivity contribution in [3.8, 4) is 5.75 Å². The Morgan fingerprint density at radius 1 is 1.29 bits per heavy atom. The highest BCUT2D eigenvalue weighted by Crippen LogP contribution is 2.34. The van der Waals surface area contributed by atoms with Crippen LogP contribution in [0.3, 0.4) is 0 Å². The average molecular weight is 233 g/mol. The number of nitrogens with one attached hydrogen (secondary N) is 1. The van der Waals surface area contributed by atoms with E-state index in [1.54, 1.807) is 0 Å². The van der Waals surface area contributed by atoms with E-state index < -0.39 is 0 Å². The van der Waals surface area contributed by atoms with E-state index in [0.717, 1.165) is 24.7 Å². The van der Waals surface area contributed by atoms with Crippen molar-refractivity contribution in [2.45, 2.75) is 45.6 Å². The molecule has 1 atom stereocenters. The van der Waals surface area contributed by atoms with Gasteiger partial charge < -0.3 is 10.1 Å². The SMILES string of the molecule is CCCOc1ccc(NC(C)CC2CC2)cc1. The van der Waals surface area contributed by atoms with Crippen molar-refractivity contribution in [2.75, 3.05) is 11.9 Å². The molecule has 1 aromatic carbocycles. The molecule has 0 aromatic heterocycles. The summed E-state index contributed by atoms with van der Waals surface area (Å²) in [6.07, 6.45) is 5.21. The Bertz CT molecular complexity index is 329. The molecule has 0 saturated heterocycles. The summed E-state index contributed by atoms with van der Waals surface area (Å²) in [6, 6.07) is 8.87. The standard InChI is InChI=1S/C15H23NO/c1-3-10-17-15-8-6-14(7-9-15)16-12(2)11-13-4-5-13/h6-9,12-13,16H,3-5,10-11H2,1-2H3. The van der Waals surface area contributed by atoms with Crippen LogP contribution < -0.4 is 10.1 Å². The maximum atomic E-state index is 5.56. The minimum absolute atomic E-state index is 0.574. The molecule has 0 radical (unpaired) electrons. The van der Waals surface area contributed by atoms with Crippen molar-refractivity contribution < 1.29 is 4.74 Å². The molecule has 1 fully saturated rings. The fraction of sp³-hybridized carbons (Fsp3) is 0.600. The van der Waals surface area contributed by atoms with Gasteiger partial charge in [-0.15, -0.1) is 0 Å². The normalized spacial score (nSPS) is 16.6. The second-order valence-corrected chi connectivity index (χ2v) is 5.10. The number of hydrogen-bond acceptors (Lipinski definition) is 2. The van der Waals surface area contributed by atoms with Gasteiger partial charge in [0.15, 0.2) is 0 Å². The van der Waals surface area contributed by atoms with Gasteiger partial charge in [-0.1, -0.05) is 19.8 Å². The number of ether oxygens (including phenoxy) is 1. The molecule has 0 aliphatic heterocycles. The molecule has 17 heavy (non-hydrogen) atoms.